The summed E-state index contributed by atoms with van der Waals surface area (Å²) in [6.45, 7) is 2.55. The number of nitriles is 1. The molecule has 4 rings (SSSR count). The summed E-state index contributed by atoms with van der Waals surface area (Å²) in [5.41, 5.74) is 1.45. The van der Waals surface area contributed by atoms with Crippen LogP contribution in [0, 0.1) is 16.7 Å². The minimum atomic E-state index is -0.267. The molecule has 1 aliphatic carbocycles. The van der Waals surface area contributed by atoms with Crippen LogP contribution in [0.25, 0.3) is 0 Å². The minimum absolute atomic E-state index is 0.185. The number of likely N-dealkylation sites (tertiary alicyclic amines) is 1. The van der Waals surface area contributed by atoms with Crippen molar-refractivity contribution in [1.29, 1.82) is 5.26 Å². The van der Waals surface area contributed by atoms with Crippen LogP contribution in [0.3, 0.4) is 0 Å². The van der Waals surface area contributed by atoms with Gasteiger partial charge in [0.2, 0.25) is 5.91 Å². The summed E-state index contributed by atoms with van der Waals surface area (Å²) >= 11 is 0. The molecule has 1 unspecified atom stereocenters. The summed E-state index contributed by atoms with van der Waals surface area (Å²) in [5, 5.41) is 18.9. The van der Waals surface area contributed by atoms with Crippen LogP contribution in [0.5, 0.6) is 0 Å². The Morgan fingerprint density at radius 3 is 2.73 bits per heavy atom. The second-order valence-electron chi connectivity index (χ2n) is 8.18. The molecule has 1 spiro atoms. The van der Waals surface area contributed by atoms with E-state index < -0.39 is 0 Å². The van der Waals surface area contributed by atoms with Crippen molar-refractivity contribution in [3.8, 4) is 6.07 Å². The van der Waals surface area contributed by atoms with Gasteiger partial charge >= 0.3 is 0 Å². The molecule has 2 saturated heterocycles. The van der Waals surface area contributed by atoms with Gasteiger partial charge in [0.05, 0.1) is 23.2 Å². The van der Waals surface area contributed by atoms with Crippen molar-refractivity contribution in [2.24, 2.45) is 5.41 Å². The van der Waals surface area contributed by atoms with Gasteiger partial charge in [-0.3, -0.25) is 4.79 Å². The van der Waals surface area contributed by atoms with Gasteiger partial charge < -0.3 is 14.9 Å². The number of hydrogen-bond donors (Lipinski definition) is 1. The fraction of sp³-hybridized carbons (Fsp3) is 0.619. The average molecular weight is 353 g/mol. The Morgan fingerprint density at radius 1 is 1.15 bits per heavy atom. The molecule has 1 amide bonds. The molecule has 1 saturated carbocycles. The lowest BCUT2D eigenvalue weighted by atomic mass is 9.78. The van der Waals surface area contributed by atoms with E-state index in [1.807, 2.05) is 24.3 Å². The van der Waals surface area contributed by atoms with E-state index in [0.29, 0.717) is 17.5 Å². The number of piperidine rings is 1. The Bertz CT molecular complexity index is 720. The number of benzene rings is 1. The maximum absolute atomic E-state index is 13.3. The highest BCUT2D eigenvalue weighted by molar-refractivity contribution is 5.86. The quantitative estimate of drug-likeness (QED) is 0.888. The van der Waals surface area contributed by atoms with Crippen molar-refractivity contribution < 1.29 is 9.90 Å². The smallest absolute Gasteiger partial charge is 0.230 e. The molecule has 1 aromatic rings. The Morgan fingerprint density at radius 2 is 1.96 bits per heavy atom. The normalized spacial score (nSPS) is 32.1. The van der Waals surface area contributed by atoms with Crippen molar-refractivity contribution in [2.75, 3.05) is 24.5 Å². The van der Waals surface area contributed by atoms with Crippen molar-refractivity contribution in [3.63, 3.8) is 0 Å². The fourth-order valence-corrected chi connectivity index (χ4v) is 5.07. The second-order valence-corrected chi connectivity index (χ2v) is 8.18. The summed E-state index contributed by atoms with van der Waals surface area (Å²) in [4.78, 5) is 17.7. The zero-order chi connectivity index (χ0) is 18.1. The van der Waals surface area contributed by atoms with Crippen LogP contribution in [0.2, 0.25) is 0 Å². The SMILES string of the molecule is N#Cc1cccc(N2CCCC3(CCN(C4CCC(O)CC4)C3=O)C2)c1. The van der Waals surface area contributed by atoms with E-state index in [0.717, 1.165) is 70.3 Å². The predicted molar refractivity (Wildman–Crippen MR) is 99.6 cm³/mol. The summed E-state index contributed by atoms with van der Waals surface area (Å²) in [5.74, 6) is 0.319. The average Bonchev–Trinajstić information content (AvgIpc) is 2.98. The molecule has 5 heteroatoms. The van der Waals surface area contributed by atoms with Crippen LogP contribution in [-0.4, -0.2) is 47.7 Å². The van der Waals surface area contributed by atoms with Crippen LogP contribution in [0.15, 0.2) is 24.3 Å². The lowest BCUT2D eigenvalue weighted by molar-refractivity contribution is -0.139. The highest BCUT2D eigenvalue weighted by Crippen LogP contribution is 2.43. The molecule has 0 aromatic heterocycles. The molecule has 0 radical (unpaired) electrons. The molecule has 1 aromatic carbocycles. The lowest BCUT2D eigenvalue weighted by Crippen LogP contribution is -2.50. The summed E-state index contributed by atoms with van der Waals surface area (Å²) in [6.07, 6.45) is 6.21. The standard InChI is InChI=1S/C21H27N3O2/c22-14-16-3-1-4-18(13-16)23-11-2-9-21(15-23)10-12-24(20(21)26)17-5-7-19(25)8-6-17/h1,3-4,13,17,19,25H,2,5-12,15H2. The Kier molecular flexibility index (Phi) is 4.62. The number of anilines is 1. The van der Waals surface area contributed by atoms with E-state index in [1.165, 1.54) is 0 Å². The Hall–Kier alpha value is -2.06. The predicted octanol–water partition coefficient (Wildman–Crippen LogP) is 2.68. The van der Waals surface area contributed by atoms with Gasteiger partial charge in [-0.15, -0.1) is 0 Å². The number of aliphatic hydroxyl groups is 1. The first kappa shape index (κ1) is 17.4. The first-order valence-electron chi connectivity index (χ1n) is 9.86. The van der Waals surface area contributed by atoms with Crippen LogP contribution < -0.4 is 4.90 Å². The maximum Gasteiger partial charge on any atom is 0.230 e. The van der Waals surface area contributed by atoms with Gasteiger partial charge in [0, 0.05) is 31.4 Å². The number of rotatable bonds is 2. The van der Waals surface area contributed by atoms with Gasteiger partial charge in [0.15, 0.2) is 0 Å². The van der Waals surface area contributed by atoms with Gasteiger partial charge in [-0.2, -0.15) is 5.26 Å². The number of aliphatic hydroxyl groups excluding tert-OH is 1. The highest BCUT2D eigenvalue weighted by atomic mass is 16.3. The molecule has 1 N–H and O–H groups in total. The number of hydrogen-bond acceptors (Lipinski definition) is 4. The van der Waals surface area contributed by atoms with E-state index in [1.54, 1.807) is 0 Å². The molecule has 1 atom stereocenters. The number of carbonyl (C=O) groups excluding carboxylic acids is 1. The van der Waals surface area contributed by atoms with Crippen molar-refractivity contribution >= 4 is 11.6 Å². The van der Waals surface area contributed by atoms with Gasteiger partial charge in [0.25, 0.3) is 0 Å². The van der Waals surface area contributed by atoms with Crippen LogP contribution >= 0.6 is 0 Å². The third-order valence-electron chi connectivity index (χ3n) is 6.57. The van der Waals surface area contributed by atoms with Gasteiger partial charge in [-0.05, 0) is 63.1 Å². The molecular formula is C21H27N3O2. The van der Waals surface area contributed by atoms with E-state index >= 15 is 0 Å². The Labute approximate surface area is 155 Å². The van der Waals surface area contributed by atoms with Gasteiger partial charge in [-0.1, -0.05) is 6.07 Å². The van der Waals surface area contributed by atoms with Crippen molar-refractivity contribution in [2.45, 2.75) is 57.1 Å². The molecule has 2 aliphatic heterocycles. The molecule has 5 nitrogen and oxygen atoms in total. The van der Waals surface area contributed by atoms with E-state index in [4.69, 9.17) is 5.26 Å². The monoisotopic (exact) mass is 353 g/mol. The number of carbonyl (C=O) groups is 1. The van der Waals surface area contributed by atoms with Crippen molar-refractivity contribution in [3.05, 3.63) is 29.8 Å². The molecule has 138 valence electrons. The van der Waals surface area contributed by atoms with Crippen LogP contribution in [-0.2, 0) is 4.79 Å². The van der Waals surface area contributed by atoms with E-state index in [2.05, 4.69) is 15.9 Å². The zero-order valence-corrected chi connectivity index (χ0v) is 15.2. The molecule has 3 aliphatic rings. The van der Waals surface area contributed by atoms with Gasteiger partial charge in [-0.25, -0.2) is 0 Å². The summed E-state index contributed by atoms with van der Waals surface area (Å²) in [7, 11) is 0. The van der Waals surface area contributed by atoms with E-state index in [9.17, 15) is 9.90 Å². The first-order valence-corrected chi connectivity index (χ1v) is 9.86. The zero-order valence-electron chi connectivity index (χ0n) is 15.2. The molecule has 2 heterocycles. The molecular weight excluding hydrogens is 326 g/mol. The minimum Gasteiger partial charge on any atom is -0.393 e. The second kappa shape index (κ2) is 6.92. The highest BCUT2D eigenvalue weighted by Gasteiger charge is 2.50. The molecule has 0 bridgehead atoms. The number of nitrogens with zero attached hydrogens (tertiary/aromatic N) is 3. The lowest BCUT2D eigenvalue weighted by Gasteiger charge is -2.41. The van der Waals surface area contributed by atoms with Crippen molar-refractivity contribution in [1.82, 2.24) is 4.90 Å². The van der Waals surface area contributed by atoms with Crippen LogP contribution in [0.1, 0.15) is 50.5 Å². The topological polar surface area (TPSA) is 67.6 Å². The van der Waals surface area contributed by atoms with Crippen LogP contribution in [0.4, 0.5) is 5.69 Å². The van der Waals surface area contributed by atoms with E-state index in [-0.39, 0.29) is 11.5 Å². The van der Waals surface area contributed by atoms with Gasteiger partial charge in [0.1, 0.15) is 0 Å². The third-order valence-corrected chi connectivity index (χ3v) is 6.57. The molecule has 3 fully saturated rings. The Balaban J connectivity index is 1.50. The largest absolute Gasteiger partial charge is 0.393 e. The first-order chi connectivity index (χ1) is 12.6. The third kappa shape index (κ3) is 3.07. The maximum atomic E-state index is 13.3. The summed E-state index contributed by atoms with van der Waals surface area (Å²) < 4.78 is 0. The fourth-order valence-electron chi connectivity index (χ4n) is 5.07. The summed E-state index contributed by atoms with van der Waals surface area (Å²) in [6, 6.07) is 10.2. The number of amides is 1. The molecule has 26 heavy (non-hydrogen) atoms.